The van der Waals surface area contributed by atoms with E-state index in [2.05, 4.69) is 30.9 Å². The fraction of sp³-hybridized carbons (Fsp3) is 0.611. The van der Waals surface area contributed by atoms with Crippen LogP contribution >= 0.6 is 0 Å². The summed E-state index contributed by atoms with van der Waals surface area (Å²) >= 11 is 0. The molecular weight excluding hydrogens is 246 g/mol. The lowest BCUT2D eigenvalue weighted by Gasteiger charge is -2.36. The first-order chi connectivity index (χ1) is 9.50. The number of Topliss-reactive ketones (excluding diaryl/α,β-unsaturated/α-hetero) is 1. The Labute approximate surface area is 123 Å². The maximum atomic E-state index is 12.7. The Morgan fingerprint density at radius 2 is 1.70 bits per heavy atom. The van der Waals surface area contributed by atoms with Gasteiger partial charge < -0.3 is 0 Å². The van der Waals surface area contributed by atoms with E-state index in [9.17, 15) is 4.79 Å². The molecule has 0 aliphatic heterocycles. The normalized spacial score (nSPS) is 16.2. The molecule has 2 nitrogen and oxygen atoms in total. The molecule has 1 aromatic carbocycles. The lowest BCUT2D eigenvalue weighted by molar-refractivity contribution is 0.0669. The van der Waals surface area contributed by atoms with Gasteiger partial charge in [0.05, 0.1) is 5.54 Å². The van der Waals surface area contributed by atoms with Crippen molar-refractivity contribution in [1.29, 1.82) is 0 Å². The molecule has 0 N–H and O–H groups in total. The van der Waals surface area contributed by atoms with E-state index >= 15 is 0 Å². The molecule has 1 aromatic rings. The van der Waals surface area contributed by atoms with Gasteiger partial charge in [0.15, 0.2) is 5.78 Å². The molecule has 2 rings (SSSR count). The number of carbonyl (C=O) groups excluding carboxylic acids is 1. The highest BCUT2D eigenvalue weighted by Crippen LogP contribution is 2.36. The molecule has 0 spiro atoms. The molecule has 0 heterocycles. The van der Waals surface area contributed by atoms with E-state index in [-0.39, 0.29) is 5.78 Å². The highest BCUT2D eigenvalue weighted by atomic mass is 16.1. The maximum absolute atomic E-state index is 12.7. The van der Waals surface area contributed by atoms with Crippen LogP contribution in [0.4, 0.5) is 0 Å². The third-order valence-corrected chi connectivity index (χ3v) is 4.86. The van der Waals surface area contributed by atoms with Gasteiger partial charge in [0.1, 0.15) is 0 Å². The Kier molecular flexibility index (Phi) is 4.64. The van der Waals surface area contributed by atoms with Crippen molar-refractivity contribution in [2.45, 2.75) is 58.4 Å². The second-order valence-corrected chi connectivity index (χ2v) is 6.31. The number of likely N-dealkylation sites (N-methyl/N-ethyl adjacent to an activating group) is 1. The van der Waals surface area contributed by atoms with E-state index in [1.165, 1.54) is 24.8 Å². The molecule has 20 heavy (non-hydrogen) atoms. The number of nitrogens with zero attached hydrogens (tertiary/aromatic N) is 1. The summed E-state index contributed by atoms with van der Waals surface area (Å²) in [5.74, 6) is 0.955. The number of rotatable bonds is 6. The van der Waals surface area contributed by atoms with Crippen LogP contribution in [0.1, 0.15) is 68.8 Å². The first kappa shape index (κ1) is 15.2. The summed E-state index contributed by atoms with van der Waals surface area (Å²) in [5.41, 5.74) is 1.81. The van der Waals surface area contributed by atoms with E-state index in [4.69, 9.17) is 0 Å². The highest BCUT2D eigenvalue weighted by Gasteiger charge is 2.33. The van der Waals surface area contributed by atoms with E-state index in [0.717, 1.165) is 24.6 Å². The second-order valence-electron chi connectivity index (χ2n) is 6.31. The van der Waals surface area contributed by atoms with Crippen LogP contribution in [0.25, 0.3) is 0 Å². The quantitative estimate of drug-likeness (QED) is 0.722. The van der Waals surface area contributed by atoms with Crippen LogP contribution in [-0.2, 0) is 0 Å². The molecule has 0 aromatic heterocycles. The molecule has 0 saturated heterocycles. The number of hydrogen-bond donors (Lipinski definition) is 0. The largest absolute Gasteiger partial charge is 0.292 e. The third kappa shape index (κ3) is 2.80. The summed E-state index contributed by atoms with van der Waals surface area (Å²) in [6, 6.07) is 8.33. The second kappa shape index (κ2) is 6.09. The van der Waals surface area contributed by atoms with Gasteiger partial charge in [0.2, 0.25) is 0 Å². The van der Waals surface area contributed by atoms with Crippen LogP contribution in [0.3, 0.4) is 0 Å². The third-order valence-electron chi connectivity index (χ3n) is 4.86. The van der Waals surface area contributed by atoms with Crippen LogP contribution < -0.4 is 0 Å². The molecule has 1 fully saturated rings. The number of benzene rings is 1. The number of hydrogen-bond acceptors (Lipinski definition) is 2. The van der Waals surface area contributed by atoms with E-state index in [1.54, 1.807) is 0 Å². The van der Waals surface area contributed by atoms with Crippen molar-refractivity contribution >= 4 is 5.78 Å². The fourth-order valence-corrected chi connectivity index (χ4v) is 3.16. The topological polar surface area (TPSA) is 20.3 Å². The summed E-state index contributed by atoms with van der Waals surface area (Å²) < 4.78 is 0. The zero-order valence-corrected chi connectivity index (χ0v) is 13.3. The van der Waals surface area contributed by atoms with Crippen molar-refractivity contribution in [2.24, 2.45) is 0 Å². The molecule has 0 radical (unpaired) electrons. The van der Waals surface area contributed by atoms with Gasteiger partial charge in [-0.25, -0.2) is 0 Å². The van der Waals surface area contributed by atoms with Crippen LogP contribution in [0.15, 0.2) is 24.3 Å². The number of ketones is 1. The molecule has 0 unspecified atom stereocenters. The minimum atomic E-state index is -0.429. The van der Waals surface area contributed by atoms with Crippen molar-refractivity contribution in [3.63, 3.8) is 0 Å². The van der Waals surface area contributed by atoms with E-state index in [1.807, 2.05) is 26.0 Å². The minimum Gasteiger partial charge on any atom is -0.292 e. The lowest BCUT2D eigenvalue weighted by Crippen LogP contribution is -2.49. The van der Waals surface area contributed by atoms with Crippen molar-refractivity contribution < 1.29 is 4.79 Å². The van der Waals surface area contributed by atoms with Crippen LogP contribution in [0, 0.1) is 0 Å². The molecule has 1 aliphatic carbocycles. The van der Waals surface area contributed by atoms with Crippen molar-refractivity contribution in [3.05, 3.63) is 35.4 Å². The van der Waals surface area contributed by atoms with Crippen molar-refractivity contribution in [2.75, 3.05) is 13.1 Å². The molecule has 2 heteroatoms. The predicted molar refractivity (Wildman–Crippen MR) is 84.4 cm³/mol. The smallest absolute Gasteiger partial charge is 0.182 e. The average Bonchev–Trinajstić information content (AvgIpc) is 2.38. The van der Waals surface area contributed by atoms with Crippen LogP contribution in [0.2, 0.25) is 0 Å². The van der Waals surface area contributed by atoms with Gasteiger partial charge in [-0.2, -0.15) is 0 Å². The van der Waals surface area contributed by atoms with Crippen LogP contribution in [-0.4, -0.2) is 29.3 Å². The molecule has 1 saturated carbocycles. The summed E-state index contributed by atoms with van der Waals surface area (Å²) in [4.78, 5) is 15.0. The molecule has 0 atom stereocenters. The fourth-order valence-electron chi connectivity index (χ4n) is 3.16. The lowest BCUT2D eigenvalue weighted by atomic mass is 9.79. The summed E-state index contributed by atoms with van der Waals surface area (Å²) in [6.07, 6.45) is 3.96. The predicted octanol–water partition coefficient (Wildman–Crippen LogP) is 4.26. The number of carbonyl (C=O) groups is 1. The molecule has 0 amide bonds. The highest BCUT2D eigenvalue weighted by molar-refractivity contribution is 6.02. The van der Waals surface area contributed by atoms with Gasteiger partial charge in [-0.3, -0.25) is 9.69 Å². The monoisotopic (exact) mass is 273 g/mol. The molecule has 0 bridgehead atoms. The van der Waals surface area contributed by atoms with Gasteiger partial charge in [-0.1, -0.05) is 44.5 Å². The standard InChI is InChI=1S/C18H27NO/c1-5-19(6-2)18(3,4)17(20)16-12-10-15(11-13-16)14-8-7-9-14/h10-14H,5-9H2,1-4H3. The van der Waals surface area contributed by atoms with Gasteiger partial charge in [-0.05, 0) is 51.3 Å². The molecular formula is C18H27NO. The molecule has 1 aliphatic rings. The zero-order valence-electron chi connectivity index (χ0n) is 13.3. The van der Waals surface area contributed by atoms with E-state index < -0.39 is 5.54 Å². The van der Waals surface area contributed by atoms with Gasteiger partial charge in [-0.15, -0.1) is 0 Å². The zero-order chi connectivity index (χ0) is 14.8. The molecule has 110 valence electrons. The summed E-state index contributed by atoms with van der Waals surface area (Å²) in [6.45, 7) is 10.1. The Morgan fingerprint density at radius 1 is 1.15 bits per heavy atom. The summed E-state index contributed by atoms with van der Waals surface area (Å²) in [7, 11) is 0. The Bertz CT molecular complexity index is 453. The van der Waals surface area contributed by atoms with Gasteiger partial charge >= 0.3 is 0 Å². The average molecular weight is 273 g/mol. The Morgan fingerprint density at radius 3 is 2.10 bits per heavy atom. The minimum absolute atomic E-state index is 0.223. The Hall–Kier alpha value is -1.15. The van der Waals surface area contributed by atoms with Crippen molar-refractivity contribution in [1.82, 2.24) is 4.90 Å². The van der Waals surface area contributed by atoms with Gasteiger partial charge in [0.25, 0.3) is 0 Å². The maximum Gasteiger partial charge on any atom is 0.182 e. The van der Waals surface area contributed by atoms with Gasteiger partial charge in [0, 0.05) is 5.56 Å². The first-order valence-corrected chi connectivity index (χ1v) is 7.90. The van der Waals surface area contributed by atoms with Crippen LogP contribution in [0.5, 0.6) is 0 Å². The Balaban J connectivity index is 2.15. The van der Waals surface area contributed by atoms with Crippen molar-refractivity contribution in [3.8, 4) is 0 Å². The first-order valence-electron chi connectivity index (χ1n) is 7.90. The SMILES string of the molecule is CCN(CC)C(C)(C)C(=O)c1ccc(C2CCC2)cc1. The summed E-state index contributed by atoms with van der Waals surface area (Å²) in [5, 5.41) is 0. The van der Waals surface area contributed by atoms with E-state index in [0.29, 0.717) is 0 Å².